The van der Waals surface area contributed by atoms with E-state index < -0.39 is 60.6 Å². The number of hydrogen-bond donors (Lipinski definition) is 4. The van der Waals surface area contributed by atoms with Crippen molar-refractivity contribution in [3.8, 4) is 5.75 Å². The van der Waals surface area contributed by atoms with Crippen molar-refractivity contribution in [3.63, 3.8) is 0 Å². The molecule has 0 saturated heterocycles. The molecule has 0 bridgehead atoms. The van der Waals surface area contributed by atoms with E-state index in [0.717, 1.165) is 10.8 Å². The number of amides is 3. The van der Waals surface area contributed by atoms with Crippen LogP contribution in [0.25, 0.3) is 10.8 Å². The Hall–Kier alpha value is -4.73. The number of carboxylic acids is 1. The van der Waals surface area contributed by atoms with Gasteiger partial charge in [0.15, 0.2) is 5.78 Å². The molecule has 3 amide bonds. The number of Topliss-reactive ketones (excluding diaryl/α,β-unsaturated/α-hetero) is 1. The van der Waals surface area contributed by atoms with Crippen molar-refractivity contribution in [1.82, 2.24) is 16.0 Å². The Labute approximate surface area is 232 Å². The highest BCUT2D eigenvalue weighted by Crippen LogP contribution is 2.16. The van der Waals surface area contributed by atoms with Crippen LogP contribution in [-0.4, -0.2) is 59.3 Å². The van der Waals surface area contributed by atoms with Gasteiger partial charge in [0.1, 0.15) is 30.5 Å². The summed E-state index contributed by atoms with van der Waals surface area (Å²) in [6, 6.07) is 17.9. The lowest BCUT2D eigenvalue weighted by Crippen LogP contribution is -2.56. The second-order valence-electron chi connectivity index (χ2n) is 9.71. The Morgan fingerprint density at radius 1 is 0.775 bits per heavy atom. The number of ketones is 1. The van der Waals surface area contributed by atoms with E-state index in [1.165, 1.54) is 6.92 Å². The largest absolute Gasteiger partial charge is 0.486 e. The Balaban J connectivity index is 1.61. The number of fused-ring (bicyclic) bond motifs is 1. The number of hydrogen-bond acceptors (Lipinski definition) is 6. The first-order valence-electron chi connectivity index (χ1n) is 12.9. The lowest BCUT2D eigenvalue weighted by molar-refractivity contribution is -0.141. The zero-order chi connectivity index (χ0) is 29.2. The van der Waals surface area contributed by atoms with Crippen molar-refractivity contribution < 1.29 is 33.8 Å². The van der Waals surface area contributed by atoms with Gasteiger partial charge in [-0.3, -0.25) is 24.0 Å². The predicted molar refractivity (Wildman–Crippen MR) is 149 cm³/mol. The van der Waals surface area contributed by atoms with E-state index in [1.54, 1.807) is 56.3 Å². The fraction of sp³-hybridized carbons (Fsp3) is 0.300. The molecule has 4 N–H and O–H groups in total. The summed E-state index contributed by atoms with van der Waals surface area (Å²) in [4.78, 5) is 62.7. The molecule has 0 heterocycles. The summed E-state index contributed by atoms with van der Waals surface area (Å²) in [5.41, 5.74) is 0.385. The molecule has 10 nitrogen and oxygen atoms in total. The number of rotatable bonds is 13. The van der Waals surface area contributed by atoms with Gasteiger partial charge in [-0.15, -0.1) is 0 Å². The molecular weight excluding hydrogens is 514 g/mol. The molecule has 0 aromatic heterocycles. The number of ether oxygens (including phenoxy) is 1. The van der Waals surface area contributed by atoms with Crippen LogP contribution in [0.3, 0.4) is 0 Å². The smallest absolute Gasteiger partial charge is 0.305 e. The number of para-hydroxylation sites is 1. The third-order valence-electron chi connectivity index (χ3n) is 6.21. The highest BCUT2D eigenvalue weighted by molar-refractivity contribution is 6.01. The van der Waals surface area contributed by atoms with Crippen LogP contribution in [0.15, 0.2) is 72.8 Å². The number of aliphatic carboxylic acids is 1. The number of benzene rings is 3. The van der Waals surface area contributed by atoms with Gasteiger partial charge in [0.2, 0.25) is 11.8 Å². The number of nitrogens with one attached hydrogen (secondary N) is 3. The topological polar surface area (TPSA) is 151 Å². The molecule has 0 radical (unpaired) electrons. The number of carboxylic acid groups (broad SMARTS) is 1. The van der Waals surface area contributed by atoms with Gasteiger partial charge in [0, 0.05) is 5.56 Å². The maximum Gasteiger partial charge on any atom is 0.305 e. The van der Waals surface area contributed by atoms with Gasteiger partial charge in [0.05, 0.1) is 6.42 Å². The van der Waals surface area contributed by atoms with Crippen LogP contribution in [0.4, 0.5) is 0 Å². The lowest BCUT2D eigenvalue weighted by atomic mass is 10.0. The Bertz CT molecular complexity index is 1370. The summed E-state index contributed by atoms with van der Waals surface area (Å²) in [5.74, 6) is -3.61. The van der Waals surface area contributed by atoms with Crippen LogP contribution in [0.5, 0.6) is 5.75 Å². The summed E-state index contributed by atoms with van der Waals surface area (Å²) in [6.07, 6.45) is -0.653. The third-order valence-corrected chi connectivity index (χ3v) is 6.21. The zero-order valence-electron chi connectivity index (χ0n) is 22.5. The van der Waals surface area contributed by atoms with Gasteiger partial charge in [-0.05, 0) is 47.9 Å². The maximum absolute atomic E-state index is 13.0. The second-order valence-corrected chi connectivity index (χ2v) is 9.71. The van der Waals surface area contributed by atoms with Crippen LogP contribution in [0, 0.1) is 5.92 Å². The molecule has 1 unspecified atom stereocenters. The SMILES string of the molecule is CC(C)[C@H](NC(=O)c1ccc2ccccc2c1)C(=O)N[C@@H](C)C(=O)NC(CC(=O)O)C(=O)COc1ccccc1. The molecule has 10 heteroatoms. The highest BCUT2D eigenvalue weighted by atomic mass is 16.5. The maximum atomic E-state index is 13.0. The van der Waals surface area contributed by atoms with Crippen molar-refractivity contribution >= 4 is 40.2 Å². The van der Waals surface area contributed by atoms with Crippen LogP contribution in [0.2, 0.25) is 0 Å². The first-order chi connectivity index (χ1) is 19.0. The van der Waals surface area contributed by atoms with Crippen molar-refractivity contribution in [1.29, 1.82) is 0 Å². The van der Waals surface area contributed by atoms with Gasteiger partial charge in [-0.2, -0.15) is 0 Å². The first kappa shape index (κ1) is 29.8. The molecule has 0 aliphatic carbocycles. The zero-order valence-corrected chi connectivity index (χ0v) is 22.5. The quantitative estimate of drug-likeness (QED) is 0.257. The molecule has 210 valence electrons. The van der Waals surface area contributed by atoms with Crippen LogP contribution in [0.1, 0.15) is 37.6 Å². The average Bonchev–Trinajstić information content (AvgIpc) is 2.93. The highest BCUT2D eigenvalue weighted by Gasteiger charge is 2.30. The van der Waals surface area contributed by atoms with Crippen molar-refractivity contribution in [2.24, 2.45) is 5.92 Å². The number of carbonyl (C=O) groups is 5. The minimum atomic E-state index is -1.36. The molecule has 0 aliphatic heterocycles. The Morgan fingerprint density at radius 2 is 1.43 bits per heavy atom. The van der Waals surface area contributed by atoms with E-state index >= 15 is 0 Å². The molecule has 3 atom stereocenters. The minimum Gasteiger partial charge on any atom is -0.486 e. The lowest BCUT2D eigenvalue weighted by Gasteiger charge is -2.25. The standard InChI is InChI=1S/C30H33N3O7/c1-18(2)27(33-29(38)22-14-13-20-9-7-8-10-21(20)15-22)30(39)31-19(3)28(37)32-24(16-26(35)36)25(34)17-40-23-11-5-4-6-12-23/h4-15,18-19,24,27H,16-17H2,1-3H3,(H,31,39)(H,32,37)(H,33,38)(H,35,36)/t19-,24?,27-/m0/s1. The summed E-state index contributed by atoms with van der Waals surface area (Å²) in [5, 5.41) is 18.8. The van der Waals surface area contributed by atoms with Gasteiger partial charge < -0.3 is 25.8 Å². The molecule has 3 rings (SSSR count). The predicted octanol–water partition coefficient (Wildman–Crippen LogP) is 2.71. The fourth-order valence-corrected chi connectivity index (χ4v) is 3.95. The summed E-state index contributed by atoms with van der Waals surface area (Å²) in [6.45, 7) is 4.46. The monoisotopic (exact) mass is 547 g/mol. The van der Waals surface area contributed by atoms with E-state index in [1.807, 2.05) is 30.3 Å². The third kappa shape index (κ3) is 8.39. The fourth-order valence-electron chi connectivity index (χ4n) is 3.95. The van der Waals surface area contributed by atoms with Crippen LogP contribution in [-0.2, 0) is 19.2 Å². The summed E-state index contributed by atoms with van der Waals surface area (Å²) < 4.78 is 5.39. The van der Waals surface area contributed by atoms with Crippen molar-refractivity contribution in [3.05, 3.63) is 78.4 Å². The van der Waals surface area contributed by atoms with E-state index in [4.69, 9.17) is 4.74 Å². The second kappa shape index (κ2) is 13.9. The van der Waals surface area contributed by atoms with E-state index in [9.17, 15) is 29.1 Å². The van der Waals surface area contributed by atoms with E-state index in [-0.39, 0.29) is 5.92 Å². The van der Waals surface area contributed by atoms with E-state index in [0.29, 0.717) is 11.3 Å². The Morgan fingerprint density at radius 3 is 2.08 bits per heavy atom. The van der Waals surface area contributed by atoms with Crippen molar-refractivity contribution in [2.75, 3.05) is 6.61 Å². The number of carbonyl (C=O) groups excluding carboxylic acids is 4. The van der Waals surface area contributed by atoms with Crippen LogP contribution < -0.4 is 20.7 Å². The van der Waals surface area contributed by atoms with Crippen LogP contribution >= 0.6 is 0 Å². The molecular formula is C30H33N3O7. The van der Waals surface area contributed by atoms with Gasteiger partial charge in [0.25, 0.3) is 5.91 Å². The normalized spacial score (nSPS) is 13.1. The molecule has 3 aromatic carbocycles. The molecule has 3 aromatic rings. The minimum absolute atomic E-state index is 0.309. The molecule has 0 spiro atoms. The molecule has 40 heavy (non-hydrogen) atoms. The molecule has 0 aliphatic rings. The molecule has 0 saturated carbocycles. The average molecular weight is 548 g/mol. The Kier molecular flexibility index (Phi) is 10.4. The van der Waals surface area contributed by atoms with Crippen molar-refractivity contribution in [2.45, 2.75) is 45.3 Å². The first-order valence-corrected chi connectivity index (χ1v) is 12.9. The van der Waals surface area contributed by atoms with Gasteiger partial charge in [-0.25, -0.2) is 0 Å². The van der Waals surface area contributed by atoms with E-state index in [2.05, 4.69) is 16.0 Å². The summed E-state index contributed by atoms with van der Waals surface area (Å²) >= 11 is 0. The van der Waals surface area contributed by atoms with Gasteiger partial charge in [-0.1, -0.05) is 62.4 Å². The summed E-state index contributed by atoms with van der Waals surface area (Å²) in [7, 11) is 0. The molecule has 0 fully saturated rings. The van der Waals surface area contributed by atoms with Gasteiger partial charge >= 0.3 is 5.97 Å².